The van der Waals surface area contributed by atoms with Crippen LogP contribution in [0.4, 0.5) is 0 Å². The topological polar surface area (TPSA) is 46.1 Å². The van der Waals surface area contributed by atoms with E-state index in [0.29, 0.717) is 25.8 Å². The highest BCUT2D eigenvalue weighted by Gasteiger charge is 2.07. The molecule has 0 unspecified atom stereocenters. The Labute approximate surface area is 97.4 Å². The van der Waals surface area contributed by atoms with Crippen molar-refractivity contribution in [2.75, 3.05) is 13.2 Å². The summed E-state index contributed by atoms with van der Waals surface area (Å²) in [5.74, 6) is 0. The number of nitrogens with two attached hydrogens (primary N) is 1. The normalized spacial score (nSPS) is 13.0. The molecule has 3 N–H and O–H groups in total. The zero-order valence-electron chi connectivity index (χ0n) is 10.1. The Morgan fingerprint density at radius 3 is 2.56 bits per heavy atom. The molecule has 0 bridgehead atoms. The van der Waals surface area contributed by atoms with Crippen LogP contribution >= 0.6 is 0 Å². The highest BCUT2D eigenvalue weighted by Crippen LogP contribution is 2.00. The van der Waals surface area contributed by atoms with Crippen molar-refractivity contribution in [2.45, 2.75) is 32.6 Å². The van der Waals surface area contributed by atoms with Gasteiger partial charge in [0.25, 0.3) is 0 Å². The molecule has 3 heteroatoms. The molecule has 1 rings (SSSR count). The second-order valence-electron chi connectivity index (χ2n) is 4.37. The second kappa shape index (κ2) is 7.39. The van der Waals surface area contributed by atoms with Crippen molar-refractivity contribution in [3.05, 3.63) is 35.9 Å². The minimum Gasteiger partial charge on any atom is -0.385 e. The SMILES string of the molecule is CC(C)[NH2+]C[C@@H](O)COCc1ccccc1. The van der Waals surface area contributed by atoms with Crippen molar-refractivity contribution >= 4 is 0 Å². The van der Waals surface area contributed by atoms with E-state index in [9.17, 15) is 5.11 Å². The van der Waals surface area contributed by atoms with Gasteiger partial charge in [0.15, 0.2) is 0 Å². The molecule has 0 spiro atoms. The van der Waals surface area contributed by atoms with E-state index < -0.39 is 0 Å². The molecule has 0 aliphatic carbocycles. The van der Waals surface area contributed by atoms with Crippen LogP contribution in [0.2, 0.25) is 0 Å². The molecule has 0 aliphatic heterocycles. The van der Waals surface area contributed by atoms with Crippen LogP contribution < -0.4 is 5.32 Å². The van der Waals surface area contributed by atoms with Crippen molar-refractivity contribution in [3.8, 4) is 0 Å². The molecule has 1 atom stereocenters. The fraction of sp³-hybridized carbons (Fsp3) is 0.538. The third-order valence-corrected chi connectivity index (χ3v) is 2.30. The maximum Gasteiger partial charge on any atom is 0.126 e. The second-order valence-corrected chi connectivity index (χ2v) is 4.37. The van der Waals surface area contributed by atoms with E-state index in [-0.39, 0.29) is 6.10 Å². The zero-order valence-corrected chi connectivity index (χ0v) is 10.1. The van der Waals surface area contributed by atoms with Crippen molar-refractivity contribution in [1.29, 1.82) is 0 Å². The predicted molar refractivity (Wildman–Crippen MR) is 64.0 cm³/mol. The van der Waals surface area contributed by atoms with Gasteiger partial charge in [0, 0.05) is 0 Å². The van der Waals surface area contributed by atoms with E-state index in [0.717, 1.165) is 5.56 Å². The van der Waals surface area contributed by atoms with Gasteiger partial charge in [-0.2, -0.15) is 0 Å². The maximum atomic E-state index is 9.62. The van der Waals surface area contributed by atoms with E-state index in [1.807, 2.05) is 30.3 Å². The van der Waals surface area contributed by atoms with Crippen LogP contribution in [0.3, 0.4) is 0 Å². The van der Waals surface area contributed by atoms with Gasteiger partial charge >= 0.3 is 0 Å². The first kappa shape index (κ1) is 13.2. The van der Waals surface area contributed by atoms with Gasteiger partial charge in [0.1, 0.15) is 12.6 Å². The first-order chi connectivity index (χ1) is 7.68. The average molecular weight is 224 g/mol. The minimum atomic E-state index is -0.383. The summed E-state index contributed by atoms with van der Waals surface area (Å²) in [6.45, 7) is 5.89. The van der Waals surface area contributed by atoms with Crippen molar-refractivity contribution in [1.82, 2.24) is 0 Å². The average Bonchev–Trinajstić information content (AvgIpc) is 2.28. The van der Waals surface area contributed by atoms with Crippen LogP contribution in [0.1, 0.15) is 19.4 Å². The quantitative estimate of drug-likeness (QED) is 0.710. The van der Waals surface area contributed by atoms with Gasteiger partial charge < -0.3 is 15.2 Å². The standard InChI is InChI=1S/C13H21NO2/c1-11(2)14-8-13(15)10-16-9-12-6-4-3-5-7-12/h3-7,11,13-15H,8-10H2,1-2H3/p+1/t13-/m1/s1. The Morgan fingerprint density at radius 1 is 1.25 bits per heavy atom. The van der Waals surface area contributed by atoms with Crippen LogP contribution in [-0.2, 0) is 11.3 Å². The number of benzene rings is 1. The van der Waals surface area contributed by atoms with Crippen molar-refractivity contribution < 1.29 is 15.2 Å². The molecule has 0 aromatic heterocycles. The van der Waals surface area contributed by atoms with Gasteiger partial charge in [0.2, 0.25) is 0 Å². The van der Waals surface area contributed by atoms with E-state index in [1.165, 1.54) is 0 Å². The van der Waals surface area contributed by atoms with Gasteiger partial charge in [0.05, 0.1) is 19.3 Å². The third-order valence-electron chi connectivity index (χ3n) is 2.30. The lowest BCUT2D eigenvalue weighted by Gasteiger charge is -2.11. The van der Waals surface area contributed by atoms with Gasteiger partial charge in [-0.1, -0.05) is 30.3 Å². The molecular weight excluding hydrogens is 202 g/mol. The minimum absolute atomic E-state index is 0.383. The Morgan fingerprint density at radius 2 is 1.94 bits per heavy atom. The smallest absolute Gasteiger partial charge is 0.126 e. The van der Waals surface area contributed by atoms with E-state index in [4.69, 9.17) is 4.74 Å². The Balaban J connectivity index is 2.11. The third kappa shape index (κ3) is 5.85. The van der Waals surface area contributed by atoms with E-state index >= 15 is 0 Å². The number of hydrogen-bond donors (Lipinski definition) is 2. The van der Waals surface area contributed by atoms with Crippen LogP contribution in [0, 0.1) is 0 Å². The van der Waals surface area contributed by atoms with E-state index in [2.05, 4.69) is 19.2 Å². The van der Waals surface area contributed by atoms with Crippen LogP contribution in [0.15, 0.2) is 30.3 Å². The summed E-state index contributed by atoms with van der Waals surface area (Å²) >= 11 is 0. The van der Waals surface area contributed by atoms with Gasteiger partial charge in [-0.25, -0.2) is 0 Å². The first-order valence-corrected chi connectivity index (χ1v) is 5.81. The lowest BCUT2D eigenvalue weighted by molar-refractivity contribution is -0.688. The molecule has 0 saturated carbocycles. The first-order valence-electron chi connectivity index (χ1n) is 5.81. The zero-order chi connectivity index (χ0) is 11.8. The fourth-order valence-electron chi connectivity index (χ4n) is 1.38. The summed E-state index contributed by atoms with van der Waals surface area (Å²) in [6, 6.07) is 10.5. The van der Waals surface area contributed by atoms with Crippen LogP contribution in [0.5, 0.6) is 0 Å². The molecule has 0 aliphatic rings. The summed E-state index contributed by atoms with van der Waals surface area (Å²) in [4.78, 5) is 0. The predicted octanol–water partition coefficient (Wildman–Crippen LogP) is 0.536. The number of rotatable bonds is 7. The summed E-state index contributed by atoms with van der Waals surface area (Å²) in [5, 5.41) is 11.7. The number of hydrogen-bond acceptors (Lipinski definition) is 2. The molecule has 0 saturated heterocycles. The van der Waals surface area contributed by atoms with Gasteiger partial charge in [-0.15, -0.1) is 0 Å². The van der Waals surface area contributed by atoms with Crippen molar-refractivity contribution in [3.63, 3.8) is 0 Å². The molecule has 90 valence electrons. The summed E-state index contributed by atoms with van der Waals surface area (Å²) in [5.41, 5.74) is 1.14. The maximum absolute atomic E-state index is 9.62. The van der Waals surface area contributed by atoms with Crippen LogP contribution in [-0.4, -0.2) is 30.4 Å². The molecule has 3 nitrogen and oxygen atoms in total. The van der Waals surface area contributed by atoms with Crippen molar-refractivity contribution in [2.24, 2.45) is 0 Å². The van der Waals surface area contributed by atoms with Gasteiger partial charge in [-0.3, -0.25) is 0 Å². The Hall–Kier alpha value is -0.900. The van der Waals surface area contributed by atoms with Gasteiger partial charge in [-0.05, 0) is 19.4 Å². The highest BCUT2D eigenvalue weighted by molar-refractivity contribution is 5.13. The van der Waals surface area contributed by atoms with E-state index in [1.54, 1.807) is 0 Å². The monoisotopic (exact) mass is 224 g/mol. The van der Waals surface area contributed by atoms with Crippen LogP contribution in [0.25, 0.3) is 0 Å². The Bertz CT molecular complexity index is 275. The molecule has 0 heterocycles. The molecule has 0 fully saturated rings. The highest BCUT2D eigenvalue weighted by atomic mass is 16.5. The molecule has 0 amide bonds. The number of aliphatic hydroxyl groups is 1. The number of aliphatic hydroxyl groups excluding tert-OH is 1. The lowest BCUT2D eigenvalue weighted by atomic mass is 10.2. The largest absolute Gasteiger partial charge is 0.385 e. The molecule has 16 heavy (non-hydrogen) atoms. The summed E-state index contributed by atoms with van der Waals surface area (Å²) in [6.07, 6.45) is -0.383. The molecular formula is C13H22NO2+. The molecule has 0 radical (unpaired) electrons. The fourth-order valence-corrected chi connectivity index (χ4v) is 1.38. The number of ether oxygens (including phenoxy) is 1. The molecule has 1 aromatic rings. The summed E-state index contributed by atoms with van der Waals surface area (Å²) in [7, 11) is 0. The summed E-state index contributed by atoms with van der Waals surface area (Å²) < 4.78 is 5.44. The molecule has 1 aromatic carbocycles. The number of quaternary nitrogens is 1. The Kier molecular flexibility index (Phi) is 6.08. The lowest BCUT2D eigenvalue weighted by Crippen LogP contribution is -2.90.